The van der Waals surface area contributed by atoms with E-state index >= 15 is 0 Å². The van der Waals surface area contributed by atoms with Crippen molar-refractivity contribution in [2.45, 2.75) is 89.5 Å². The highest BCUT2D eigenvalue weighted by Crippen LogP contribution is 2.29. The number of aryl methyl sites for hydroxylation is 1. The van der Waals surface area contributed by atoms with Gasteiger partial charge >= 0.3 is 12.1 Å². The maximum Gasteiger partial charge on any atom is 0.322 e. The van der Waals surface area contributed by atoms with E-state index in [0.29, 0.717) is 69.1 Å². The van der Waals surface area contributed by atoms with E-state index in [9.17, 15) is 14.4 Å². The standard InChI is InChI=1S/C34H45ClN6O3/c1-23-9-10-25(20-29(23)35)21-31(32(42)38-16-11-27(12-17-38)40-15-5-6-24(40)2)37-33(43)39-18-13-28(14-19-39)41-22-26-7-3-4-8-30(26)36-34(41)44/h3-4,7-10,20,24,27-28,31H,5-6,11-19,21-22H2,1-2H3,(H,36,44)(H,37,43)/t24-,31?/m0/s1. The third-order valence-corrected chi connectivity index (χ3v) is 10.6. The number of hydrogen-bond donors (Lipinski definition) is 2. The van der Waals surface area contributed by atoms with Crippen LogP contribution in [0.15, 0.2) is 42.5 Å². The van der Waals surface area contributed by atoms with Crippen molar-refractivity contribution in [3.05, 3.63) is 64.2 Å². The molecule has 4 heterocycles. The van der Waals surface area contributed by atoms with E-state index < -0.39 is 6.04 Å². The molecule has 4 aliphatic rings. The Labute approximate surface area is 265 Å². The first-order valence-electron chi connectivity index (χ1n) is 16.3. The summed E-state index contributed by atoms with van der Waals surface area (Å²) in [6.07, 6.45) is 6.21. The third-order valence-electron chi connectivity index (χ3n) is 10.2. The van der Waals surface area contributed by atoms with E-state index in [1.165, 1.54) is 12.8 Å². The molecule has 2 aromatic rings. The SMILES string of the molecule is Cc1ccc(CC(NC(=O)N2CCC(N3Cc4ccccc4NC3=O)CC2)C(=O)N2CCC(N3CCC[C@@H]3C)CC2)cc1Cl. The lowest BCUT2D eigenvalue weighted by Gasteiger charge is -2.41. The van der Waals surface area contributed by atoms with Crippen LogP contribution in [0.25, 0.3) is 0 Å². The minimum atomic E-state index is -0.675. The Bertz CT molecular complexity index is 1370. The van der Waals surface area contributed by atoms with Crippen molar-refractivity contribution in [1.82, 2.24) is 24.9 Å². The number of rotatable bonds is 6. The van der Waals surface area contributed by atoms with Gasteiger partial charge in [-0.1, -0.05) is 41.9 Å². The van der Waals surface area contributed by atoms with Crippen molar-refractivity contribution in [2.75, 3.05) is 38.0 Å². The summed E-state index contributed by atoms with van der Waals surface area (Å²) in [6.45, 7) is 8.46. The van der Waals surface area contributed by atoms with Gasteiger partial charge in [0.2, 0.25) is 5.91 Å². The van der Waals surface area contributed by atoms with Crippen LogP contribution in [-0.2, 0) is 17.8 Å². The summed E-state index contributed by atoms with van der Waals surface area (Å²) in [6, 6.07) is 13.9. The molecule has 236 valence electrons. The summed E-state index contributed by atoms with van der Waals surface area (Å²) >= 11 is 6.43. The number of fused-ring (bicyclic) bond motifs is 1. The van der Waals surface area contributed by atoms with Crippen LogP contribution in [0, 0.1) is 6.92 Å². The van der Waals surface area contributed by atoms with Gasteiger partial charge < -0.3 is 25.3 Å². The zero-order valence-electron chi connectivity index (χ0n) is 25.9. The first-order valence-corrected chi connectivity index (χ1v) is 16.6. The number of para-hydroxylation sites is 1. The number of carbonyl (C=O) groups excluding carboxylic acids is 3. The number of carbonyl (C=O) groups is 3. The second-order valence-corrected chi connectivity index (χ2v) is 13.4. The van der Waals surface area contributed by atoms with Crippen molar-refractivity contribution in [2.24, 2.45) is 0 Å². The Balaban J connectivity index is 1.08. The van der Waals surface area contributed by atoms with Crippen LogP contribution in [0.4, 0.5) is 15.3 Å². The van der Waals surface area contributed by atoms with Crippen LogP contribution in [0.3, 0.4) is 0 Å². The van der Waals surface area contributed by atoms with Crippen molar-refractivity contribution in [3.63, 3.8) is 0 Å². The molecule has 0 saturated carbocycles. The van der Waals surface area contributed by atoms with Crippen LogP contribution in [0.2, 0.25) is 5.02 Å². The molecule has 10 heteroatoms. The number of benzene rings is 2. The molecular formula is C34H45ClN6O3. The highest BCUT2D eigenvalue weighted by molar-refractivity contribution is 6.31. The molecule has 0 spiro atoms. The Hall–Kier alpha value is -3.30. The van der Waals surface area contributed by atoms with E-state index in [4.69, 9.17) is 11.6 Å². The quantitative estimate of drug-likeness (QED) is 0.461. The summed E-state index contributed by atoms with van der Waals surface area (Å²) in [7, 11) is 0. The molecule has 5 amide bonds. The summed E-state index contributed by atoms with van der Waals surface area (Å²) < 4.78 is 0. The highest BCUT2D eigenvalue weighted by atomic mass is 35.5. The molecule has 3 saturated heterocycles. The van der Waals surface area contributed by atoms with Crippen LogP contribution in [0.5, 0.6) is 0 Å². The normalized spacial score (nSPS) is 22.5. The fourth-order valence-corrected chi connectivity index (χ4v) is 7.68. The Morgan fingerprint density at radius 3 is 2.36 bits per heavy atom. The number of halogens is 1. The van der Waals surface area contributed by atoms with Gasteiger partial charge in [0.1, 0.15) is 6.04 Å². The van der Waals surface area contributed by atoms with Crippen molar-refractivity contribution >= 4 is 35.3 Å². The molecule has 9 nitrogen and oxygen atoms in total. The molecule has 0 radical (unpaired) electrons. The lowest BCUT2D eigenvalue weighted by Crippen LogP contribution is -2.57. The maximum atomic E-state index is 14.0. The number of amides is 5. The minimum absolute atomic E-state index is 0.0264. The average Bonchev–Trinajstić information content (AvgIpc) is 3.47. The summed E-state index contributed by atoms with van der Waals surface area (Å²) in [5, 5.41) is 6.77. The van der Waals surface area contributed by atoms with Crippen LogP contribution in [0.1, 0.15) is 62.1 Å². The average molecular weight is 621 g/mol. The number of urea groups is 2. The maximum absolute atomic E-state index is 14.0. The molecule has 2 N–H and O–H groups in total. The number of nitrogens with one attached hydrogen (secondary N) is 2. The van der Waals surface area contributed by atoms with Crippen molar-refractivity contribution in [1.29, 1.82) is 0 Å². The third kappa shape index (κ3) is 6.69. The molecule has 0 aromatic heterocycles. The summed E-state index contributed by atoms with van der Waals surface area (Å²) in [5.41, 5.74) is 3.87. The van der Waals surface area contributed by atoms with E-state index in [1.807, 2.05) is 59.2 Å². The van der Waals surface area contributed by atoms with Gasteiger partial charge in [-0.15, -0.1) is 0 Å². The van der Waals surface area contributed by atoms with Gasteiger partial charge in [-0.3, -0.25) is 9.69 Å². The molecule has 0 bridgehead atoms. The number of anilines is 1. The predicted molar refractivity (Wildman–Crippen MR) is 173 cm³/mol. The Kier molecular flexibility index (Phi) is 9.33. The van der Waals surface area contributed by atoms with Gasteiger partial charge in [0, 0.05) is 68.0 Å². The molecule has 1 unspecified atom stereocenters. The van der Waals surface area contributed by atoms with E-state index in [0.717, 1.165) is 41.8 Å². The first-order chi connectivity index (χ1) is 21.3. The van der Waals surface area contributed by atoms with Crippen molar-refractivity contribution < 1.29 is 14.4 Å². The van der Waals surface area contributed by atoms with E-state index in [-0.39, 0.29) is 24.0 Å². The van der Waals surface area contributed by atoms with Crippen LogP contribution >= 0.6 is 11.6 Å². The Morgan fingerprint density at radius 2 is 1.66 bits per heavy atom. The van der Waals surface area contributed by atoms with Gasteiger partial charge in [0.05, 0.1) is 0 Å². The molecule has 6 rings (SSSR count). The molecule has 3 fully saturated rings. The second kappa shape index (κ2) is 13.4. The topological polar surface area (TPSA) is 88.2 Å². The highest BCUT2D eigenvalue weighted by Gasteiger charge is 2.36. The lowest BCUT2D eigenvalue weighted by atomic mass is 9.99. The molecular weight excluding hydrogens is 576 g/mol. The number of hydrogen-bond acceptors (Lipinski definition) is 4. The lowest BCUT2D eigenvalue weighted by molar-refractivity contribution is -0.134. The molecule has 2 atom stereocenters. The second-order valence-electron chi connectivity index (χ2n) is 13.0. The smallest absolute Gasteiger partial charge is 0.322 e. The first kappa shape index (κ1) is 30.7. The number of piperidine rings is 2. The molecule has 2 aromatic carbocycles. The summed E-state index contributed by atoms with van der Waals surface area (Å²) in [4.78, 5) is 48.6. The van der Waals surface area contributed by atoms with Gasteiger partial charge in [-0.05, 0) is 87.7 Å². The molecule has 0 aliphatic carbocycles. The Morgan fingerprint density at radius 1 is 0.955 bits per heavy atom. The number of nitrogens with zero attached hydrogens (tertiary/aromatic N) is 4. The molecule has 4 aliphatic heterocycles. The zero-order valence-corrected chi connectivity index (χ0v) is 26.7. The van der Waals surface area contributed by atoms with Crippen molar-refractivity contribution in [3.8, 4) is 0 Å². The van der Waals surface area contributed by atoms with Gasteiger partial charge in [0.25, 0.3) is 0 Å². The number of likely N-dealkylation sites (tertiary alicyclic amines) is 3. The largest absolute Gasteiger partial charge is 0.341 e. The van der Waals surface area contributed by atoms with Gasteiger partial charge in [-0.25, -0.2) is 9.59 Å². The van der Waals surface area contributed by atoms with E-state index in [2.05, 4.69) is 22.5 Å². The monoisotopic (exact) mass is 620 g/mol. The zero-order chi connectivity index (χ0) is 30.8. The van der Waals surface area contributed by atoms with Gasteiger partial charge in [-0.2, -0.15) is 0 Å². The van der Waals surface area contributed by atoms with Gasteiger partial charge in [0.15, 0.2) is 0 Å². The fourth-order valence-electron chi connectivity index (χ4n) is 7.47. The van der Waals surface area contributed by atoms with E-state index in [1.54, 1.807) is 4.90 Å². The predicted octanol–water partition coefficient (Wildman–Crippen LogP) is 5.26. The molecule has 44 heavy (non-hydrogen) atoms. The van der Waals surface area contributed by atoms with Crippen LogP contribution < -0.4 is 10.6 Å². The summed E-state index contributed by atoms with van der Waals surface area (Å²) in [5.74, 6) is -0.0264. The minimum Gasteiger partial charge on any atom is -0.341 e. The van der Waals surface area contributed by atoms with Crippen LogP contribution in [-0.4, -0.2) is 94.5 Å². The fraction of sp³-hybridized carbons (Fsp3) is 0.559.